The van der Waals surface area contributed by atoms with Crippen LogP contribution in [0.1, 0.15) is 12.6 Å². The Morgan fingerprint density at radius 3 is 2.62 bits per heavy atom. The second-order valence-electron chi connectivity index (χ2n) is 2.47. The number of aromatic amines is 1. The lowest BCUT2D eigenvalue weighted by Crippen LogP contribution is -2.23. The molecule has 13 heavy (non-hydrogen) atoms. The van der Waals surface area contributed by atoms with E-state index in [-0.39, 0.29) is 10.0 Å². The van der Waals surface area contributed by atoms with E-state index in [0.29, 0.717) is 12.2 Å². The van der Waals surface area contributed by atoms with Gasteiger partial charge in [-0.3, -0.25) is 5.10 Å². The molecule has 0 aromatic carbocycles. The van der Waals surface area contributed by atoms with Gasteiger partial charge in [0.05, 0.1) is 5.69 Å². The van der Waals surface area contributed by atoms with Crippen LogP contribution in [-0.4, -0.2) is 25.2 Å². The maximum Gasteiger partial charge on any atom is 0.245 e. The lowest BCUT2D eigenvalue weighted by Gasteiger charge is -2.02. The highest BCUT2D eigenvalue weighted by atomic mass is 35.5. The number of nitrogens with one attached hydrogen (secondary N) is 2. The highest BCUT2D eigenvalue weighted by molar-refractivity contribution is 7.89. The van der Waals surface area contributed by atoms with E-state index < -0.39 is 10.0 Å². The second-order valence-corrected chi connectivity index (χ2v) is 4.53. The number of nitrogens with zero attached hydrogens (tertiary/aromatic N) is 1. The molecule has 0 fully saturated rings. The van der Waals surface area contributed by atoms with Gasteiger partial charge >= 0.3 is 0 Å². The largest absolute Gasteiger partial charge is 0.280 e. The van der Waals surface area contributed by atoms with Crippen molar-refractivity contribution in [3.8, 4) is 0 Å². The van der Waals surface area contributed by atoms with Crippen LogP contribution in [0.25, 0.3) is 0 Å². The predicted molar refractivity (Wildman–Crippen MR) is 49.2 cm³/mol. The number of hydrogen-bond acceptors (Lipinski definition) is 3. The summed E-state index contributed by atoms with van der Waals surface area (Å²) >= 11 is 5.60. The summed E-state index contributed by atoms with van der Waals surface area (Å²) in [6, 6.07) is 0. The van der Waals surface area contributed by atoms with Crippen LogP contribution >= 0.6 is 11.6 Å². The van der Waals surface area contributed by atoms with Crippen LogP contribution in [0.4, 0.5) is 0 Å². The van der Waals surface area contributed by atoms with Gasteiger partial charge in [0.2, 0.25) is 10.0 Å². The zero-order valence-electron chi connectivity index (χ0n) is 7.26. The first kappa shape index (κ1) is 10.5. The highest BCUT2D eigenvalue weighted by Gasteiger charge is 2.22. The van der Waals surface area contributed by atoms with Crippen molar-refractivity contribution >= 4 is 21.6 Å². The van der Waals surface area contributed by atoms with Gasteiger partial charge in [-0.2, -0.15) is 5.10 Å². The zero-order chi connectivity index (χ0) is 10.1. The molecule has 1 aromatic rings. The molecule has 2 N–H and O–H groups in total. The molecule has 0 saturated heterocycles. The molecule has 0 aliphatic carbocycles. The van der Waals surface area contributed by atoms with E-state index in [1.54, 1.807) is 13.8 Å². The van der Waals surface area contributed by atoms with Gasteiger partial charge in [0, 0.05) is 6.54 Å². The Labute approximate surface area is 81.5 Å². The molecular weight excluding hydrogens is 214 g/mol. The molecule has 74 valence electrons. The summed E-state index contributed by atoms with van der Waals surface area (Å²) in [6.45, 7) is 3.62. The number of sulfonamides is 1. The van der Waals surface area contributed by atoms with E-state index in [4.69, 9.17) is 11.6 Å². The Hall–Kier alpha value is -0.590. The normalized spacial score (nSPS) is 11.9. The van der Waals surface area contributed by atoms with Gasteiger partial charge in [-0.25, -0.2) is 13.1 Å². The summed E-state index contributed by atoms with van der Waals surface area (Å²) in [6.07, 6.45) is 0. The molecule has 0 radical (unpaired) electrons. The van der Waals surface area contributed by atoms with Gasteiger partial charge in [-0.15, -0.1) is 0 Å². The van der Waals surface area contributed by atoms with Crippen LogP contribution in [0.3, 0.4) is 0 Å². The summed E-state index contributed by atoms with van der Waals surface area (Å²) in [4.78, 5) is 0.0241. The molecule has 5 nitrogen and oxygen atoms in total. The van der Waals surface area contributed by atoms with Crippen molar-refractivity contribution in [1.29, 1.82) is 0 Å². The first-order chi connectivity index (χ1) is 5.99. The Kier molecular flexibility index (Phi) is 2.94. The van der Waals surface area contributed by atoms with Crippen LogP contribution in [0.2, 0.25) is 5.15 Å². The topological polar surface area (TPSA) is 74.8 Å². The van der Waals surface area contributed by atoms with E-state index in [2.05, 4.69) is 14.9 Å². The van der Waals surface area contributed by atoms with Gasteiger partial charge in [-0.1, -0.05) is 18.5 Å². The summed E-state index contributed by atoms with van der Waals surface area (Å²) in [5.41, 5.74) is 0.436. The fraction of sp³-hybridized carbons (Fsp3) is 0.500. The number of hydrogen-bond donors (Lipinski definition) is 2. The zero-order valence-corrected chi connectivity index (χ0v) is 8.83. The smallest absolute Gasteiger partial charge is 0.245 e. The number of rotatable bonds is 3. The van der Waals surface area contributed by atoms with E-state index >= 15 is 0 Å². The first-order valence-electron chi connectivity index (χ1n) is 3.69. The summed E-state index contributed by atoms with van der Waals surface area (Å²) < 4.78 is 25.3. The minimum atomic E-state index is -3.50. The SMILES string of the molecule is CCNS(=O)(=O)c1c(Cl)n[nH]c1C. The van der Waals surface area contributed by atoms with Crippen molar-refractivity contribution < 1.29 is 8.42 Å². The van der Waals surface area contributed by atoms with Gasteiger partial charge in [-0.05, 0) is 6.92 Å². The number of halogens is 1. The minimum absolute atomic E-state index is 0.0241. The number of H-pyrrole nitrogens is 1. The van der Waals surface area contributed by atoms with Gasteiger partial charge in [0.25, 0.3) is 0 Å². The third-order valence-electron chi connectivity index (χ3n) is 1.45. The van der Waals surface area contributed by atoms with Gasteiger partial charge in [0.15, 0.2) is 5.15 Å². The van der Waals surface area contributed by atoms with Crippen molar-refractivity contribution in [2.75, 3.05) is 6.54 Å². The molecule has 1 rings (SSSR count). The minimum Gasteiger partial charge on any atom is -0.280 e. The second kappa shape index (κ2) is 3.65. The van der Waals surface area contributed by atoms with Crippen LogP contribution < -0.4 is 4.72 Å². The monoisotopic (exact) mass is 223 g/mol. The molecule has 0 bridgehead atoms. The van der Waals surface area contributed by atoms with Crippen molar-refractivity contribution in [2.24, 2.45) is 0 Å². The lowest BCUT2D eigenvalue weighted by molar-refractivity contribution is 0.583. The van der Waals surface area contributed by atoms with Crippen molar-refractivity contribution in [2.45, 2.75) is 18.7 Å². The molecule has 0 aliphatic rings. The van der Waals surface area contributed by atoms with E-state index in [1.807, 2.05) is 0 Å². The average molecular weight is 224 g/mol. The number of aromatic nitrogens is 2. The van der Waals surface area contributed by atoms with Crippen LogP contribution in [0, 0.1) is 6.92 Å². The fourth-order valence-corrected chi connectivity index (χ4v) is 2.69. The summed E-state index contributed by atoms with van der Waals surface area (Å²) in [5, 5.41) is 6.06. The van der Waals surface area contributed by atoms with Crippen LogP contribution in [0.15, 0.2) is 4.90 Å². The molecule has 0 saturated carbocycles. The Morgan fingerprint density at radius 1 is 1.62 bits per heavy atom. The van der Waals surface area contributed by atoms with E-state index in [9.17, 15) is 8.42 Å². The third-order valence-corrected chi connectivity index (χ3v) is 3.54. The Balaban J connectivity index is 3.21. The highest BCUT2D eigenvalue weighted by Crippen LogP contribution is 2.21. The first-order valence-corrected chi connectivity index (χ1v) is 5.55. The van der Waals surface area contributed by atoms with Gasteiger partial charge < -0.3 is 0 Å². The maximum atomic E-state index is 11.5. The molecule has 0 unspecified atom stereocenters. The molecule has 0 atom stereocenters. The summed E-state index contributed by atoms with van der Waals surface area (Å²) in [5.74, 6) is 0. The fourth-order valence-electron chi connectivity index (χ4n) is 0.964. The molecule has 7 heteroatoms. The lowest BCUT2D eigenvalue weighted by atomic mass is 10.5. The summed E-state index contributed by atoms with van der Waals surface area (Å²) in [7, 11) is -3.50. The molecule has 1 heterocycles. The standard InChI is InChI=1S/C6H10ClN3O2S/c1-3-8-13(11,12)5-4(2)9-10-6(5)7/h8H,3H2,1-2H3,(H,9,10). The van der Waals surface area contributed by atoms with Crippen molar-refractivity contribution in [1.82, 2.24) is 14.9 Å². The molecule has 0 amide bonds. The quantitative estimate of drug-likeness (QED) is 0.791. The molecule has 0 aliphatic heterocycles. The molecule has 1 aromatic heterocycles. The Bertz CT molecular complexity index is 379. The molecule has 0 spiro atoms. The third kappa shape index (κ3) is 2.01. The molecular formula is C6H10ClN3O2S. The van der Waals surface area contributed by atoms with E-state index in [0.717, 1.165) is 0 Å². The van der Waals surface area contributed by atoms with Crippen molar-refractivity contribution in [3.05, 3.63) is 10.8 Å². The number of aryl methyl sites for hydroxylation is 1. The average Bonchev–Trinajstić information content (AvgIpc) is 2.31. The van der Waals surface area contributed by atoms with Crippen LogP contribution in [-0.2, 0) is 10.0 Å². The predicted octanol–water partition coefficient (Wildman–Crippen LogP) is 0.670. The van der Waals surface area contributed by atoms with Crippen molar-refractivity contribution in [3.63, 3.8) is 0 Å². The van der Waals surface area contributed by atoms with Gasteiger partial charge in [0.1, 0.15) is 4.90 Å². The van der Waals surface area contributed by atoms with E-state index in [1.165, 1.54) is 0 Å². The Morgan fingerprint density at radius 2 is 2.23 bits per heavy atom. The van der Waals surface area contributed by atoms with Crippen LogP contribution in [0.5, 0.6) is 0 Å². The maximum absolute atomic E-state index is 11.5.